The molecule has 5 heteroatoms. The third-order valence-electron chi connectivity index (χ3n) is 2.00. The van der Waals surface area contributed by atoms with Gasteiger partial charge in [0.15, 0.2) is 6.10 Å². The van der Waals surface area contributed by atoms with Crippen molar-refractivity contribution in [2.75, 3.05) is 0 Å². The highest BCUT2D eigenvalue weighted by Gasteiger charge is 2.19. The largest absolute Gasteiger partial charge is 0.470 e. The second-order valence-corrected chi connectivity index (χ2v) is 3.81. The predicted octanol–water partition coefficient (Wildman–Crippen LogP) is 2.42. The minimum atomic E-state index is -0.869. The fourth-order valence-corrected chi connectivity index (χ4v) is 1.29. The highest BCUT2D eigenvalue weighted by atomic mass is 35.5. The zero-order chi connectivity index (χ0) is 12.1. The first-order valence-corrected chi connectivity index (χ1v) is 5.27. The van der Waals surface area contributed by atoms with Crippen molar-refractivity contribution in [3.63, 3.8) is 0 Å². The summed E-state index contributed by atoms with van der Waals surface area (Å²) in [6, 6.07) is 7.43. The summed E-state index contributed by atoms with van der Waals surface area (Å²) in [5.74, 6) is 0.655. The molecule has 0 radical (unpaired) electrons. The average Bonchev–Trinajstić information content (AvgIpc) is 2.20. The first kappa shape index (κ1) is 12.6. The SMILES string of the molecule is Cc1ccccc1O[C@H](Cl)[C@@H](C)OC(N)=O. The van der Waals surface area contributed by atoms with Crippen molar-refractivity contribution in [2.45, 2.75) is 25.5 Å². The lowest BCUT2D eigenvalue weighted by Gasteiger charge is -2.19. The molecule has 88 valence electrons. The minimum absolute atomic E-state index is 0.612. The number of hydrogen-bond acceptors (Lipinski definition) is 3. The van der Waals surface area contributed by atoms with Crippen LogP contribution in [0.3, 0.4) is 0 Å². The summed E-state index contributed by atoms with van der Waals surface area (Å²) >= 11 is 5.93. The zero-order valence-electron chi connectivity index (χ0n) is 9.14. The lowest BCUT2D eigenvalue weighted by atomic mass is 10.2. The topological polar surface area (TPSA) is 61.6 Å². The summed E-state index contributed by atoms with van der Waals surface area (Å²) in [7, 11) is 0. The van der Waals surface area contributed by atoms with E-state index in [1.165, 1.54) is 0 Å². The van der Waals surface area contributed by atoms with Gasteiger partial charge in [0.1, 0.15) is 5.75 Å². The second kappa shape index (κ2) is 5.61. The third kappa shape index (κ3) is 3.62. The van der Waals surface area contributed by atoms with Crippen molar-refractivity contribution < 1.29 is 14.3 Å². The number of primary amides is 1. The molecule has 0 fully saturated rings. The molecular weight excluding hydrogens is 230 g/mol. The molecule has 1 rings (SSSR count). The Kier molecular flexibility index (Phi) is 4.43. The summed E-state index contributed by atoms with van der Waals surface area (Å²) in [6.07, 6.45) is -1.48. The molecule has 1 amide bonds. The van der Waals surface area contributed by atoms with E-state index in [1.807, 2.05) is 25.1 Å². The van der Waals surface area contributed by atoms with Crippen LogP contribution >= 0.6 is 11.6 Å². The molecule has 0 bridgehead atoms. The summed E-state index contributed by atoms with van der Waals surface area (Å²) < 4.78 is 10.1. The van der Waals surface area contributed by atoms with Crippen LogP contribution < -0.4 is 10.5 Å². The number of aryl methyl sites for hydroxylation is 1. The van der Waals surface area contributed by atoms with Gasteiger partial charge in [0.25, 0.3) is 0 Å². The molecule has 0 aliphatic rings. The number of alkyl halides is 1. The standard InChI is InChI=1S/C11H14ClNO3/c1-7-5-3-4-6-9(7)16-10(12)8(2)15-11(13)14/h3-6,8,10H,1-2H3,(H2,13,14)/t8-,10+/m1/s1. The van der Waals surface area contributed by atoms with Crippen LogP contribution in [-0.2, 0) is 4.74 Å². The maximum Gasteiger partial charge on any atom is 0.404 e. The van der Waals surface area contributed by atoms with Crippen molar-refractivity contribution in [2.24, 2.45) is 5.73 Å². The average molecular weight is 244 g/mol. The van der Waals surface area contributed by atoms with E-state index in [0.29, 0.717) is 5.75 Å². The highest BCUT2D eigenvalue weighted by molar-refractivity contribution is 6.20. The number of amides is 1. The molecule has 2 N–H and O–H groups in total. The van der Waals surface area contributed by atoms with Crippen molar-refractivity contribution in [3.8, 4) is 5.75 Å². The van der Waals surface area contributed by atoms with Gasteiger partial charge in [-0.25, -0.2) is 4.79 Å². The number of hydrogen-bond donors (Lipinski definition) is 1. The number of para-hydroxylation sites is 1. The third-order valence-corrected chi connectivity index (χ3v) is 2.45. The fraction of sp³-hybridized carbons (Fsp3) is 0.364. The van der Waals surface area contributed by atoms with Gasteiger partial charge in [-0.15, -0.1) is 0 Å². The molecule has 0 saturated heterocycles. The smallest absolute Gasteiger partial charge is 0.404 e. The van der Waals surface area contributed by atoms with Crippen LogP contribution in [0.4, 0.5) is 4.79 Å². The molecule has 0 spiro atoms. The lowest BCUT2D eigenvalue weighted by Crippen LogP contribution is -2.31. The number of benzene rings is 1. The van der Waals surface area contributed by atoms with Crippen LogP contribution in [0.5, 0.6) is 5.75 Å². The molecule has 0 saturated carbocycles. The van der Waals surface area contributed by atoms with E-state index in [1.54, 1.807) is 13.0 Å². The van der Waals surface area contributed by atoms with Gasteiger partial charge in [0, 0.05) is 0 Å². The number of nitrogens with two attached hydrogens (primary N) is 1. The van der Waals surface area contributed by atoms with Gasteiger partial charge in [-0.2, -0.15) is 0 Å². The summed E-state index contributed by atoms with van der Waals surface area (Å²) in [6.45, 7) is 3.51. The van der Waals surface area contributed by atoms with E-state index in [-0.39, 0.29) is 0 Å². The van der Waals surface area contributed by atoms with E-state index in [9.17, 15) is 4.79 Å². The molecule has 1 aromatic rings. The van der Waals surface area contributed by atoms with Gasteiger partial charge in [0.05, 0.1) is 0 Å². The highest BCUT2D eigenvalue weighted by Crippen LogP contribution is 2.20. The quantitative estimate of drug-likeness (QED) is 0.826. The van der Waals surface area contributed by atoms with Crippen molar-refractivity contribution in [1.29, 1.82) is 0 Å². The van der Waals surface area contributed by atoms with E-state index >= 15 is 0 Å². The van der Waals surface area contributed by atoms with Gasteiger partial charge in [0.2, 0.25) is 5.56 Å². The van der Waals surface area contributed by atoms with Gasteiger partial charge >= 0.3 is 6.09 Å². The van der Waals surface area contributed by atoms with Crippen molar-refractivity contribution in [3.05, 3.63) is 29.8 Å². The zero-order valence-corrected chi connectivity index (χ0v) is 9.90. The van der Waals surface area contributed by atoms with Gasteiger partial charge in [-0.05, 0) is 25.5 Å². The van der Waals surface area contributed by atoms with Crippen LogP contribution in [0.25, 0.3) is 0 Å². The molecule has 0 aliphatic carbocycles. The number of halogens is 1. The molecule has 0 unspecified atom stereocenters. The number of carbonyl (C=O) groups is 1. The van der Waals surface area contributed by atoms with E-state index in [4.69, 9.17) is 26.8 Å². The van der Waals surface area contributed by atoms with Crippen LogP contribution in [0, 0.1) is 6.92 Å². The van der Waals surface area contributed by atoms with Gasteiger partial charge < -0.3 is 15.2 Å². The fourth-order valence-electron chi connectivity index (χ4n) is 1.14. The van der Waals surface area contributed by atoms with E-state index in [2.05, 4.69) is 0 Å². The summed E-state index contributed by atoms with van der Waals surface area (Å²) in [5, 5.41) is 0. The minimum Gasteiger partial charge on any atom is -0.470 e. The Labute approximate surface area is 99.3 Å². The van der Waals surface area contributed by atoms with E-state index < -0.39 is 17.8 Å². The summed E-state index contributed by atoms with van der Waals surface area (Å²) in [5.41, 5.74) is 5.07. The molecule has 1 aromatic carbocycles. The molecule has 0 aromatic heterocycles. The van der Waals surface area contributed by atoms with Gasteiger partial charge in [-0.3, -0.25) is 0 Å². The Morgan fingerprint density at radius 1 is 1.44 bits per heavy atom. The molecule has 4 nitrogen and oxygen atoms in total. The van der Waals surface area contributed by atoms with Crippen molar-refractivity contribution in [1.82, 2.24) is 0 Å². The van der Waals surface area contributed by atoms with Crippen LogP contribution in [-0.4, -0.2) is 17.8 Å². The first-order chi connectivity index (χ1) is 7.50. The van der Waals surface area contributed by atoms with Crippen LogP contribution in [0.1, 0.15) is 12.5 Å². The number of ether oxygens (including phenoxy) is 2. The normalized spacial score (nSPS) is 13.9. The Balaban J connectivity index is 2.60. The van der Waals surface area contributed by atoms with Gasteiger partial charge in [-0.1, -0.05) is 29.8 Å². The van der Waals surface area contributed by atoms with E-state index in [0.717, 1.165) is 5.56 Å². The molecular formula is C11H14ClNO3. The monoisotopic (exact) mass is 243 g/mol. The Morgan fingerprint density at radius 2 is 2.06 bits per heavy atom. The molecule has 2 atom stereocenters. The number of rotatable bonds is 4. The lowest BCUT2D eigenvalue weighted by molar-refractivity contribution is 0.0657. The second-order valence-electron chi connectivity index (χ2n) is 3.38. The maximum atomic E-state index is 10.5. The maximum absolute atomic E-state index is 10.5. The number of carbonyl (C=O) groups excluding carboxylic acids is 1. The molecule has 16 heavy (non-hydrogen) atoms. The molecule has 0 heterocycles. The molecule has 0 aliphatic heterocycles. The summed E-state index contributed by atoms with van der Waals surface area (Å²) in [4.78, 5) is 10.5. The van der Waals surface area contributed by atoms with Crippen LogP contribution in [0.2, 0.25) is 0 Å². The van der Waals surface area contributed by atoms with Crippen molar-refractivity contribution >= 4 is 17.7 Å². The Bertz CT molecular complexity index is 370. The Morgan fingerprint density at radius 3 is 2.62 bits per heavy atom. The first-order valence-electron chi connectivity index (χ1n) is 4.83. The van der Waals surface area contributed by atoms with Crippen LogP contribution in [0.15, 0.2) is 24.3 Å². The Hall–Kier alpha value is -1.42. The predicted molar refractivity (Wildman–Crippen MR) is 61.6 cm³/mol.